The lowest BCUT2D eigenvalue weighted by Crippen LogP contribution is -2.36. The van der Waals surface area contributed by atoms with E-state index >= 15 is 0 Å². The van der Waals surface area contributed by atoms with E-state index in [1.54, 1.807) is 6.08 Å². The molecule has 1 aliphatic carbocycles. The molecule has 1 rings (SSSR count). The first-order valence-electron chi connectivity index (χ1n) is 7.09. The second kappa shape index (κ2) is 8.16. The Hall–Kier alpha value is -1.09. The molecule has 1 fully saturated rings. The first-order chi connectivity index (χ1) is 8.99. The van der Waals surface area contributed by atoms with Gasteiger partial charge in [-0.25, -0.2) is 4.79 Å². The highest BCUT2D eigenvalue weighted by atomic mass is 16.6. The zero-order chi connectivity index (χ0) is 14.3. The number of hydrogen-bond donors (Lipinski definition) is 0. The van der Waals surface area contributed by atoms with E-state index in [0.717, 1.165) is 31.3 Å². The Bertz CT molecular complexity index is 347. The van der Waals surface area contributed by atoms with E-state index < -0.39 is 0 Å². The van der Waals surface area contributed by atoms with Gasteiger partial charge in [-0.2, -0.15) is 0 Å². The summed E-state index contributed by atoms with van der Waals surface area (Å²) in [4.78, 5) is 11.7. The van der Waals surface area contributed by atoms with Crippen LogP contribution in [0, 0.1) is 0 Å². The molecule has 0 N–H and O–H groups in total. The third-order valence-corrected chi connectivity index (χ3v) is 3.12. The second-order valence-electron chi connectivity index (χ2n) is 5.63. The van der Waals surface area contributed by atoms with Gasteiger partial charge in [0.25, 0.3) is 0 Å². The van der Waals surface area contributed by atoms with Crippen molar-refractivity contribution in [2.45, 2.75) is 65.6 Å². The van der Waals surface area contributed by atoms with Gasteiger partial charge < -0.3 is 9.47 Å². The normalized spacial score (nSPS) is 22.5. The summed E-state index contributed by atoms with van der Waals surface area (Å²) in [6.45, 7) is 8.49. The minimum absolute atomic E-state index is 0.0406. The first kappa shape index (κ1) is 16.0. The van der Waals surface area contributed by atoms with Crippen molar-refractivity contribution >= 4 is 5.97 Å². The van der Waals surface area contributed by atoms with Crippen molar-refractivity contribution in [3.05, 3.63) is 23.3 Å². The third-order valence-electron chi connectivity index (χ3n) is 3.12. The maximum absolute atomic E-state index is 11.7. The fourth-order valence-corrected chi connectivity index (χ4v) is 2.15. The molecule has 0 radical (unpaired) electrons. The van der Waals surface area contributed by atoms with Crippen molar-refractivity contribution in [2.24, 2.45) is 0 Å². The minimum Gasteiger partial charge on any atom is -0.456 e. The molecule has 2 unspecified atom stereocenters. The molecule has 0 aliphatic heterocycles. The summed E-state index contributed by atoms with van der Waals surface area (Å²) in [5, 5.41) is 0. The van der Waals surface area contributed by atoms with Crippen LogP contribution < -0.4 is 0 Å². The fourth-order valence-electron chi connectivity index (χ4n) is 2.15. The smallest absolute Gasteiger partial charge is 0.331 e. The molecular formula is C16H26O3. The highest BCUT2D eigenvalue weighted by Gasteiger charge is 2.28. The number of carbonyl (C=O) groups excluding carboxylic acids is 1. The molecule has 108 valence electrons. The molecule has 0 amide bonds. The number of hydrogen-bond acceptors (Lipinski definition) is 3. The monoisotopic (exact) mass is 266 g/mol. The quantitative estimate of drug-likeness (QED) is 0.431. The van der Waals surface area contributed by atoms with Crippen LogP contribution >= 0.6 is 0 Å². The number of esters is 1. The predicted molar refractivity (Wildman–Crippen MR) is 77.0 cm³/mol. The van der Waals surface area contributed by atoms with Gasteiger partial charge in [0.15, 0.2) is 0 Å². The molecule has 3 heteroatoms. The second-order valence-corrected chi connectivity index (χ2v) is 5.63. The lowest BCUT2D eigenvalue weighted by Gasteiger charge is -2.30. The molecule has 0 saturated heterocycles. The summed E-state index contributed by atoms with van der Waals surface area (Å²) >= 11 is 0. The van der Waals surface area contributed by atoms with E-state index in [2.05, 4.69) is 19.9 Å². The van der Waals surface area contributed by atoms with Gasteiger partial charge >= 0.3 is 5.97 Å². The maximum Gasteiger partial charge on any atom is 0.331 e. The van der Waals surface area contributed by atoms with Crippen LogP contribution in [0.15, 0.2) is 23.3 Å². The largest absolute Gasteiger partial charge is 0.456 e. The predicted octanol–water partition coefficient (Wildman–Crippen LogP) is 3.79. The molecule has 0 aromatic heterocycles. The first-order valence-corrected chi connectivity index (χ1v) is 7.09. The van der Waals surface area contributed by atoms with Gasteiger partial charge in [0.2, 0.25) is 0 Å². The number of carbonyl (C=O) groups is 1. The lowest BCUT2D eigenvalue weighted by molar-refractivity contribution is -0.154. The molecule has 3 nitrogen and oxygen atoms in total. The average Bonchev–Trinajstić information content (AvgIpc) is 2.29. The van der Waals surface area contributed by atoms with Crippen LogP contribution in [0.5, 0.6) is 0 Å². The molecule has 2 atom stereocenters. The summed E-state index contributed by atoms with van der Waals surface area (Å²) in [5.41, 5.74) is 2.21. The van der Waals surface area contributed by atoms with Gasteiger partial charge in [-0.05, 0) is 47.0 Å². The molecule has 0 aromatic carbocycles. The van der Waals surface area contributed by atoms with Crippen molar-refractivity contribution in [1.29, 1.82) is 0 Å². The van der Waals surface area contributed by atoms with Crippen LogP contribution in [0.1, 0.15) is 53.4 Å². The van der Waals surface area contributed by atoms with Gasteiger partial charge in [-0.1, -0.05) is 23.6 Å². The van der Waals surface area contributed by atoms with Crippen molar-refractivity contribution in [1.82, 2.24) is 0 Å². The Morgan fingerprint density at radius 3 is 2.26 bits per heavy atom. The molecule has 0 heterocycles. The summed E-state index contributed by atoms with van der Waals surface area (Å²) in [7, 11) is 0. The Morgan fingerprint density at radius 2 is 1.68 bits per heavy atom. The lowest BCUT2D eigenvalue weighted by atomic mass is 9.94. The van der Waals surface area contributed by atoms with Crippen LogP contribution in [-0.2, 0) is 14.3 Å². The van der Waals surface area contributed by atoms with E-state index in [-0.39, 0.29) is 18.2 Å². The van der Waals surface area contributed by atoms with Crippen LogP contribution in [0.4, 0.5) is 0 Å². The van der Waals surface area contributed by atoms with E-state index in [1.807, 2.05) is 13.8 Å². The standard InChI is InChI=1S/C16H26O3/c1-12(2)9-10-18-14-7-5-6-8-15(14)19-16(17)11-13(3)4/h9,11,14-15H,5-8,10H2,1-4H3. The number of allylic oxidation sites excluding steroid dienone is 2. The van der Waals surface area contributed by atoms with Crippen LogP contribution in [-0.4, -0.2) is 24.8 Å². The van der Waals surface area contributed by atoms with Crippen LogP contribution in [0.2, 0.25) is 0 Å². The minimum atomic E-state index is -0.247. The van der Waals surface area contributed by atoms with Crippen molar-refractivity contribution in [2.75, 3.05) is 6.61 Å². The number of rotatable bonds is 5. The molecule has 1 saturated carbocycles. The summed E-state index contributed by atoms with van der Waals surface area (Å²) in [6, 6.07) is 0. The van der Waals surface area contributed by atoms with Crippen molar-refractivity contribution in [3.8, 4) is 0 Å². The summed E-state index contributed by atoms with van der Waals surface area (Å²) in [5.74, 6) is -0.247. The SMILES string of the molecule is CC(C)=CCOC1CCCCC1OC(=O)C=C(C)C. The average molecular weight is 266 g/mol. The highest BCUT2D eigenvalue weighted by molar-refractivity contribution is 5.82. The van der Waals surface area contributed by atoms with Gasteiger partial charge in [-0.15, -0.1) is 0 Å². The molecule has 19 heavy (non-hydrogen) atoms. The van der Waals surface area contributed by atoms with Gasteiger partial charge in [0, 0.05) is 6.08 Å². The van der Waals surface area contributed by atoms with E-state index in [9.17, 15) is 4.79 Å². The third kappa shape index (κ3) is 6.58. The molecule has 1 aliphatic rings. The van der Waals surface area contributed by atoms with Crippen molar-refractivity contribution in [3.63, 3.8) is 0 Å². The van der Waals surface area contributed by atoms with E-state index in [0.29, 0.717) is 6.61 Å². The Labute approximate surface area is 116 Å². The molecule has 0 spiro atoms. The van der Waals surface area contributed by atoms with Gasteiger partial charge in [0.1, 0.15) is 6.10 Å². The molecule has 0 bridgehead atoms. The van der Waals surface area contributed by atoms with Gasteiger partial charge in [0.05, 0.1) is 12.7 Å². The maximum atomic E-state index is 11.7. The number of ether oxygens (including phenoxy) is 2. The topological polar surface area (TPSA) is 35.5 Å². The Morgan fingerprint density at radius 1 is 1.05 bits per heavy atom. The van der Waals surface area contributed by atoms with Crippen LogP contribution in [0.3, 0.4) is 0 Å². The summed E-state index contributed by atoms with van der Waals surface area (Å²) < 4.78 is 11.3. The Kier molecular flexibility index (Phi) is 6.85. The molecular weight excluding hydrogens is 240 g/mol. The zero-order valence-corrected chi connectivity index (χ0v) is 12.6. The van der Waals surface area contributed by atoms with Crippen LogP contribution in [0.25, 0.3) is 0 Å². The van der Waals surface area contributed by atoms with Gasteiger partial charge in [-0.3, -0.25) is 0 Å². The zero-order valence-electron chi connectivity index (χ0n) is 12.6. The summed E-state index contributed by atoms with van der Waals surface area (Å²) in [6.07, 6.45) is 7.68. The van der Waals surface area contributed by atoms with E-state index in [1.165, 1.54) is 5.57 Å². The highest BCUT2D eigenvalue weighted by Crippen LogP contribution is 2.24. The van der Waals surface area contributed by atoms with Crippen molar-refractivity contribution < 1.29 is 14.3 Å². The Balaban J connectivity index is 2.50. The fraction of sp³-hybridized carbons (Fsp3) is 0.688. The van der Waals surface area contributed by atoms with E-state index in [4.69, 9.17) is 9.47 Å². The molecule has 0 aromatic rings.